The minimum Gasteiger partial charge on any atom is -0.496 e. The Labute approximate surface area is 93.6 Å². The molecule has 1 N–H and O–H groups in total. The van der Waals surface area contributed by atoms with Crippen LogP contribution in [-0.4, -0.2) is 23.3 Å². The number of benzene rings is 1. The van der Waals surface area contributed by atoms with Crippen molar-refractivity contribution in [2.45, 2.75) is 12.3 Å². The molecule has 0 saturated carbocycles. The molecule has 1 aromatic carbocycles. The van der Waals surface area contributed by atoms with E-state index in [1.807, 2.05) is 0 Å². The van der Waals surface area contributed by atoms with Crippen LogP contribution in [0.15, 0.2) is 18.2 Å². The topological polar surface area (TPSA) is 72.6 Å². The smallest absolute Gasteiger partial charge is 0.418 e. The predicted molar refractivity (Wildman–Crippen MR) is 50.7 cm³/mol. The number of hydrogen-bond acceptors (Lipinski definition) is 4. The van der Waals surface area contributed by atoms with Crippen LogP contribution in [0.2, 0.25) is 0 Å². The summed E-state index contributed by atoms with van der Waals surface area (Å²) >= 11 is 0. The third-order valence-corrected chi connectivity index (χ3v) is 2.03. The molecule has 17 heavy (non-hydrogen) atoms. The van der Waals surface area contributed by atoms with E-state index in [4.69, 9.17) is 5.11 Å². The summed E-state index contributed by atoms with van der Waals surface area (Å²) in [6, 6.07) is 2.63. The molecule has 0 spiro atoms. The molecule has 0 saturated heterocycles. The molecule has 0 amide bonds. The van der Waals surface area contributed by atoms with E-state index in [0.29, 0.717) is 6.07 Å². The monoisotopic (exact) mass is 251 g/mol. The van der Waals surface area contributed by atoms with Gasteiger partial charge in [0.05, 0.1) is 12.0 Å². The molecule has 94 valence electrons. The molecule has 0 aliphatic carbocycles. The highest BCUT2D eigenvalue weighted by Gasteiger charge is 2.41. The molecule has 0 aliphatic heterocycles. The zero-order valence-electron chi connectivity index (χ0n) is 8.56. The van der Waals surface area contributed by atoms with Gasteiger partial charge in [-0.05, 0) is 6.07 Å². The third kappa shape index (κ3) is 2.84. The fourth-order valence-electron chi connectivity index (χ4n) is 1.23. The maximum Gasteiger partial charge on any atom is 0.418 e. The molecule has 0 radical (unpaired) electrons. The van der Waals surface area contributed by atoms with E-state index in [-0.39, 0.29) is 5.75 Å². The normalized spacial score (nSPS) is 13.2. The van der Waals surface area contributed by atoms with E-state index in [2.05, 4.69) is 4.74 Å². The van der Waals surface area contributed by atoms with Crippen LogP contribution in [0.5, 0.6) is 5.75 Å². The Morgan fingerprint density at radius 2 is 2.06 bits per heavy atom. The fourth-order valence-corrected chi connectivity index (χ4v) is 1.23. The number of nitro benzene ring substituents is 1. The number of non-ortho nitro benzene ring substituents is 1. The highest BCUT2D eigenvalue weighted by atomic mass is 19.4. The second-order valence-electron chi connectivity index (χ2n) is 3.13. The van der Waals surface area contributed by atoms with Crippen LogP contribution in [0.1, 0.15) is 11.7 Å². The second-order valence-corrected chi connectivity index (χ2v) is 3.13. The Morgan fingerprint density at radius 1 is 1.47 bits per heavy atom. The van der Waals surface area contributed by atoms with Gasteiger partial charge in [0.15, 0.2) is 6.10 Å². The summed E-state index contributed by atoms with van der Waals surface area (Å²) < 4.78 is 41.5. The van der Waals surface area contributed by atoms with Gasteiger partial charge in [-0.1, -0.05) is 0 Å². The van der Waals surface area contributed by atoms with Gasteiger partial charge >= 0.3 is 6.18 Å². The second kappa shape index (κ2) is 4.58. The zero-order chi connectivity index (χ0) is 13.2. The van der Waals surface area contributed by atoms with Crippen molar-refractivity contribution in [2.75, 3.05) is 7.11 Å². The number of nitrogens with zero attached hydrogens (tertiary/aromatic N) is 1. The van der Waals surface area contributed by atoms with Gasteiger partial charge in [0.25, 0.3) is 5.69 Å². The summed E-state index contributed by atoms with van der Waals surface area (Å²) in [6.07, 6.45) is -7.74. The van der Waals surface area contributed by atoms with Gasteiger partial charge in [-0.25, -0.2) is 0 Å². The number of ether oxygens (including phenoxy) is 1. The van der Waals surface area contributed by atoms with Crippen molar-refractivity contribution >= 4 is 5.69 Å². The van der Waals surface area contributed by atoms with Crippen molar-refractivity contribution < 1.29 is 27.9 Å². The predicted octanol–water partition coefficient (Wildman–Crippen LogP) is 2.20. The van der Waals surface area contributed by atoms with E-state index in [0.717, 1.165) is 19.2 Å². The molecule has 0 aliphatic rings. The SMILES string of the molecule is COc1ccc([N+](=O)[O-])cc1C(O)C(F)(F)F. The van der Waals surface area contributed by atoms with E-state index in [9.17, 15) is 23.3 Å². The first-order valence-electron chi connectivity index (χ1n) is 4.34. The Hall–Kier alpha value is -1.83. The largest absolute Gasteiger partial charge is 0.496 e. The van der Waals surface area contributed by atoms with Crippen LogP contribution in [-0.2, 0) is 0 Å². The van der Waals surface area contributed by atoms with Gasteiger partial charge in [0.2, 0.25) is 0 Å². The van der Waals surface area contributed by atoms with E-state index < -0.39 is 28.5 Å². The standard InChI is InChI=1S/C9H8F3NO4/c1-17-7-3-2-5(13(15)16)4-6(7)8(14)9(10,11)12/h2-4,8,14H,1H3. The quantitative estimate of drug-likeness (QED) is 0.660. The lowest BCUT2D eigenvalue weighted by molar-refractivity contribution is -0.385. The Morgan fingerprint density at radius 3 is 2.47 bits per heavy atom. The molecule has 0 heterocycles. The summed E-state index contributed by atoms with van der Waals surface area (Å²) in [5.41, 5.74) is -1.24. The number of alkyl halides is 3. The summed E-state index contributed by atoms with van der Waals surface area (Å²) in [6.45, 7) is 0. The molecule has 1 unspecified atom stereocenters. The van der Waals surface area contributed by atoms with Crippen molar-refractivity contribution in [3.8, 4) is 5.75 Å². The Balaban J connectivity index is 3.28. The average Bonchev–Trinajstić information content (AvgIpc) is 2.25. The maximum atomic E-state index is 12.3. The van der Waals surface area contributed by atoms with Crippen LogP contribution in [0.4, 0.5) is 18.9 Å². The minimum atomic E-state index is -4.91. The summed E-state index contributed by atoms with van der Waals surface area (Å²) in [5.74, 6) is -0.263. The van der Waals surface area contributed by atoms with Crippen molar-refractivity contribution in [3.05, 3.63) is 33.9 Å². The van der Waals surface area contributed by atoms with E-state index in [1.54, 1.807) is 0 Å². The van der Waals surface area contributed by atoms with Crippen molar-refractivity contribution in [2.24, 2.45) is 0 Å². The molecule has 1 atom stereocenters. The van der Waals surface area contributed by atoms with Crippen molar-refractivity contribution in [1.82, 2.24) is 0 Å². The molecule has 0 aromatic heterocycles. The van der Waals surface area contributed by atoms with Gasteiger partial charge in [-0.15, -0.1) is 0 Å². The van der Waals surface area contributed by atoms with E-state index >= 15 is 0 Å². The molecule has 8 heteroatoms. The van der Waals surface area contributed by atoms with Crippen LogP contribution in [0.3, 0.4) is 0 Å². The Kier molecular flexibility index (Phi) is 3.56. The number of methoxy groups -OCH3 is 1. The molecular weight excluding hydrogens is 243 g/mol. The molecule has 5 nitrogen and oxygen atoms in total. The molecule has 1 aromatic rings. The van der Waals surface area contributed by atoms with Crippen LogP contribution >= 0.6 is 0 Å². The average molecular weight is 251 g/mol. The Bertz CT molecular complexity index is 433. The minimum absolute atomic E-state index is 0.263. The van der Waals surface area contributed by atoms with Crippen LogP contribution in [0, 0.1) is 10.1 Å². The first-order chi connectivity index (χ1) is 7.77. The number of nitro groups is 1. The number of aliphatic hydroxyl groups is 1. The molecule has 0 bridgehead atoms. The third-order valence-electron chi connectivity index (χ3n) is 2.03. The highest BCUT2D eigenvalue weighted by molar-refractivity contribution is 5.45. The van der Waals surface area contributed by atoms with Crippen molar-refractivity contribution in [3.63, 3.8) is 0 Å². The van der Waals surface area contributed by atoms with Gasteiger partial charge in [-0.2, -0.15) is 13.2 Å². The number of hydrogen-bond donors (Lipinski definition) is 1. The molecular formula is C9H8F3NO4. The first-order valence-corrected chi connectivity index (χ1v) is 4.34. The summed E-state index contributed by atoms with van der Waals surface area (Å²) in [4.78, 5) is 9.57. The van der Waals surface area contributed by atoms with Gasteiger partial charge in [-0.3, -0.25) is 10.1 Å². The van der Waals surface area contributed by atoms with Gasteiger partial charge < -0.3 is 9.84 Å². The number of halogens is 3. The van der Waals surface area contributed by atoms with Gasteiger partial charge in [0, 0.05) is 17.7 Å². The highest BCUT2D eigenvalue weighted by Crippen LogP contribution is 2.38. The first kappa shape index (κ1) is 13.2. The maximum absolute atomic E-state index is 12.3. The summed E-state index contributed by atoms with van der Waals surface area (Å²) in [5, 5.41) is 19.5. The van der Waals surface area contributed by atoms with Crippen LogP contribution < -0.4 is 4.74 Å². The molecule has 0 fully saturated rings. The lowest BCUT2D eigenvalue weighted by Crippen LogP contribution is -2.20. The van der Waals surface area contributed by atoms with Crippen LogP contribution in [0.25, 0.3) is 0 Å². The lowest BCUT2D eigenvalue weighted by atomic mass is 10.1. The van der Waals surface area contributed by atoms with E-state index in [1.165, 1.54) is 0 Å². The molecule has 1 rings (SSSR count). The summed E-state index contributed by atoms with van der Waals surface area (Å²) in [7, 11) is 1.10. The fraction of sp³-hybridized carbons (Fsp3) is 0.333. The zero-order valence-corrected chi connectivity index (χ0v) is 8.56. The number of aliphatic hydroxyl groups excluding tert-OH is 1. The van der Waals surface area contributed by atoms with Gasteiger partial charge in [0.1, 0.15) is 5.75 Å². The number of rotatable bonds is 3. The lowest BCUT2D eigenvalue weighted by Gasteiger charge is -2.17. The van der Waals surface area contributed by atoms with Crippen molar-refractivity contribution in [1.29, 1.82) is 0 Å².